The van der Waals surface area contributed by atoms with Gasteiger partial charge in [0.1, 0.15) is 10.7 Å². The normalized spacial score (nSPS) is 23.1. The fourth-order valence-electron chi connectivity index (χ4n) is 2.53. The minimum absolute atomic E-state index is 0.127. The summed E-state index contributed by atoms with van der Waals surface area (Å²) in [5.41, 5.74) is 0.898. The predicted octanol–water partition coefficient (Wildman–Crippen LogP) is 2.50. The van der Waals surface area contributed by atoms with Gasteiger partial charge in [-0.25, -0.2) is 4.98 Å². The van der Waals surface area contributed by atoms with E-state index in [-0.39, 0.29) is 28.5 Å². The summed E-state index contributed by atoms with van der Waals surface area (Å²) < 4.78 is 26.4. The van der Waals surface area contributed by atoms with Gasteiger partial charge in [0.25, 0.3) is 5.91 Å². The van der Waals surface area contributed by atoms with Crippen LogP contribution < -0.4 is 4.74 Å². The monoisotopic (exact) mass is 269 g/mol. The summed E-state index contributed by atoms with van der Waals surface area (Å²) in [6, 6.07) is 1.73. The smallest absolute Gasteiger partial charge is 0.260 e. The molecule has 5 heteroatoms. The fourth-order valence-corrected chi connectivity index (χ4v) is 2.74. The Labute approximate surface area is 115 Å². The van der Waals surface area contributed by atoms with Gasteiger partial charge in [0.15, 0.2) is 0 Å². The molecule has 1 fully saturated rings. The molecule has 1 amide bonds. The van der Waals surface area contributed by atoms with E-state index in [0.29, 0.717) is 18.0 Å². The SMILES string of the molecule is [2H]C([2H])([2H])Oc1nc(Cl)cc2c1C(=O)N([C@@H](C)C1CC1)C2. The number of ether oxygens (including phenoxy) is 1. The van der Waals surface area contributed by atoms with Gasteiger partial charge in [0.2, 0.25) is 5.88 Å². The molecule has 4 nitrogen and oxygen atoms in total. The average molecular weight is 270 g/mol. The highest BCUT2D eigenvalue weighted by Crippen LogP contribution is 2.40. The van der Waals surface area contributed by atoms with Crippen molar-refractivity contribution in [3.05, 3.63) is 22.3 Å². The van der Waals surface area contributed by atoms with Crippen LogP contribution >= 0.6 is 11.6 Å². The predicted molar refractivity (Wildman–Crippen MR) is 67.9 cm³/mol. The lowest BCUT2D eigenvalue weighted by molar-refractivity contribution is 0.0695. The van der Waals surface area contributed by atoms with E-state index < -0.39 is 7.04 Å². The molecule has 2 aliphatic rings. The van der Waals surface area contributed by atoms with Gasteiger partial charge in [0.05, 0.1) is 11.2 Å². The first-order chi connectivity index (χ1) is 9.76. The van der Waals surface area contributed by atoms with Crippen LogP contribution in [-0.2, 0) is 6.54 Å². The molecule has 0 radical (unpaired) electrons. The second-order valence-electron chi connectivity index (χ2n) is 4.90. The van der Waals surface area contributed by atoms with Gasteiger partial charge in [-0.2, -0.15) is 0 Å². The lowest BCUT2D eigenvalue weighted by atomic mass is 10.2. The first kappa shape index (κ1) is 8.75. The quantitative estimate of drug-likeness (QED) is 0.792. The molecular weight excluding hydrogens is 252 g/mol. The van der Waals surface area contributed by atoms with Gasteiger partial charge in [0, 0.05) is 12.6 Å². The van der Waals surface area contributed by atoms with E-state index in [1.54, 1.807) is 11.0 Å². The number of carbonyl (C=O) groups is 1. The first-order valence-electron chi connectivity index (χ1n) is 7.45. The van der Waals surface area contributed by atoms with Crippen molar-refractivity contribution in [2.75, 3.05) is 7.04 Å². The third kappa shape index (κ3) is 1.75. The van der Waals surface area contributed by atoms with Gasteiger partial charge in [-0.15, -0.1) is 0 Å². The zero-order valence-corrected chi connectivity index (χ0v) is 10.7. The summed E-state index contributed by atoms with van der Waals surface area (Å²) in [6.07, 6.45) is 2.25. The minimum atomic E-state index is -2.67. The number of halogens is 1. The zero-order valence-electron chi connectivity index (χ0n) is 12.9. The molecule has 0 aromatic carbocycles. The maximum Gasteiger partial charge on any atom is 0.260 e. The van der Waals surface area contributed by atoms with Crippen molar-refractivity contribution in [3.63, 3.8) is 0 Å². The Bertz CT molecular complexity index is 602. The third-order valence-electron chi connectivity index (χ3n) is 3.74. The highest BCUT2D eigenvalue weighted by atomic mass is 35.5. The second kappa shape index (κ2) is 4.12. The lowest BCUT2D eigenvalue weighted by Crippen LogP contribution is -2.34. The van der Waals surface area contributed by atoms with E-state index in [4.69, 9.17) is 20.5 Å². The molecule has 2 heterocycles. The first-order valence-corrected chi connectivity index (χ1v) is 6.33. The van der Waals surface area contributed by atoms with Gasteiger partial charge in [-0.1, -0.05) is 11.6 Å². The average Bonchev–Trinajstić information content (AvgIpc) is 3.11. The topological polar surface area (TPSA) is 42.4 Å². The Morgan fingerprint density at radius 3 is 3.11 bits per heavy atom. The van der Waals surface area contributed by atoms with E-state index in [0.717, 1.165) is 12.8 Å². The van der Waals surface area contributed by atoms with Crippen LogP contribution in [0.2, 0.25) is 5.15 Å². The highest BCUT2D eigenvalue weighted by Gasteiger charge is 2.40. The van der Waals surface area contributed by atoms with E-state index >= 15 is 0 Å². The number of nitrogens with zero attached hydrogens (tertiary/aromatic N) is 2. The van der Waals surface area contributed by atoms with Crippen LogP contribution in [0.1, 0.15) is 39.8 Å². The van der Waals surface area contributed by atoms with Crippen LogP contribution in [0.5, 0.6) is 5.88 Å². The molecule has 96 valence electrons. The summed E-state index contributed by atoms with van der Waals surface area (Å²) >= 11 is 5.90. The van der Waals surface area contributed by atoms with E-state index in [9.17, 15) is 4.79 Å². The Kier molecular flexibility index (Phi) is 2.00. The maximum atomic E-state index is 12.6. The number of rotatable bonds is 3. The molecule has 0 spiro atoms. The number of carbonyl (C=O) groups excluding carboxylic acids is 1. The molecule has 0 bridgehead atoms. The number of aromatic nitrogens is 1. The van der Waals surface area contributed by atoms with Crippen LogP contribution in [0, 0.1) is 5.92 Å². The summed E-state index contributed by atoms with van der Waals surface area (Å²) in [6.45, 7) is 2.44. The van der Waals surface area contributed by atoms with Gasteiger partial charge in [-0.3, -0.25) is 4.79 Å². The molecule has 1 aromatic heterocycles. The number of hydrogen-bond donors (Lipinski definition) is 0. The van der Waals surface area contributed by atoms with E-state index in [1.807, 2.05) is 6.92 Å². The third-order valence-corrected chi connectivity index (χ3v) is 3.94. The molecular formula is C13H15ClN2O2. The Balaban J connectivity index is 1.96. The van der Waals surface area contributed by atoms with Crippen molar-refractivity contribution >= 4 is 17.5 Å². The van der Waals surface area contributed by atoms with Gasteiger partial charge in [-0.05, 0) is 37.3 Å². The Morgan fingerprint density at radius 2 is 2.44 bits per heavy atom. The molecule has 1 atom stereocenters. The number of amides is 1. The van der Waals surface area contributed by atoms with Crippen LogP contribution in [0.3, 0.4) is 0 Å². The van der Waals surface area contributed by atoms with Crippen molar-refractivity contribution < 1.29 is 13.6 Å². The Morgan fingerprint density at radius 1 is 1.67 bits per heavy atom. The fraction of sp³-hybridized carbons (Fsp3) is 0.538. The number of methoxy groups -OCH3 is 1. The van der Waals surface area contributed by atoms with Crippen LogP contribution in [0.25, 0.3) is 0 Å². The summed E-state index contributed by atoms with van der Waals surface area (Å²) in [5, 5.41) is 0.127. The molecule has 1 aromatic rings. The minimum Gasteiger partial charge on any atom is -0.480 e. The second-order valence-corrected chi connectivity index (χ2v) is 5.28. The molecule has 0 N–H and O–H groups in total. The summed E-state index contributed by atoms with van der Waals surface area (Å²) in [5.74, 6) is 0.0968. The number of pyridine rings is 1. The molecule has 0 saturated heterocycles. The van der Waals surface area contributed by atoms with Gasteiger partial charge >= 0.3 is 0 Å². The highest BCUT2D eigenvalue weighted by molar-refractivity contribution is 6.29. The standard InChI is InChI=1S/C13H15ClN2O2/c1-7(8-3-4-8)16-6-9-5-10(14)15-12(18-2)11(9)13(16)17/h5,7-8H,3-4,6H2,1-2H3/t7-/m0/s1/i2D3. The van der Waals surface area contributed by atoms with Crippen molar-refractivity contribution in [3.8, 4) is 5.88 Å². The number of fused-ring (bicyclic) bond motifs is 1. The molecule has 1 aliphatic heterocycles. The summed E-state index contributed by atoms with van der Waals surface area (Å²) in [7, 11) is -2.67. The largest absolute Gasteiger partial charge is 0.480 e. The number of hydrogen-bond acceptors (Lipinski definition) is 3. The molecule has 3 rings (SSSR count). The van der Waals surface area contributed by atoms with Crippen molar-refractivity contribution in [1.29, 1.82) is 0 Å². The van der Waals surface area contributed by atoms with Crippen molar-refractivity contribution in [2.24, 2.45) is 5.92 Å². The van der Waals surface area contributed by atoms with Crippen molar-refractivity contribution in [1.82, 2.24) is 9.88 Å². The van der Waals surface area contributed by atoms with Crippen LogP contribution in [-0.4, -0.2) is 28.9 Å². The van der Waals surface area contributed by atoms with Crippen LogP contribution in [0.4, 0.5) is 0 Å². The maximum absolute atomic E-state index is 12.6. The molecule has 1 aliphatic carbocycles. The van der Waals surface area contributed by atoms with Gasteiger partial charge < -0.3 is 9.64 Å². The van der Waals surface area contributed by atoms with E-state index in [1.165, 1.54) is 0 Å². The summed E-state index contributed by atoms with van der Waals surface area (Å²) in [4.78, 5) is 18.2. The van der Waals surface area contributed by atoms with Crippen LogP contribution in [0.15, 0.2) is 6.07 Å². The lowest BCUT2D eigenvalue weighted by Gasteiger charge is -2.23. The molecule has 0 unspecified atom stereocenters. The molecule has 18 heavy (non-hydrogen) atoms. The molecule has 1 saturated carbocycles. The zero-order chi connectivity index (χ0) is 15.4. The Hall–Kier alpha value is -1.29. The van der Waals surface area contributed by atoms with Crippen molar-refractivity contribution in [2.45, 2.75) is 32.4 Å². The van der Waals surface area contributed by atoms with E-state index in [2.05, 4.69) is 4.98 Å².